The molecule has 0 aromatic heterocycles. The lowest BCUT2D eigenvalue weighted by atomic mass is 10.1. The van der Waals surface area contributed by atoms with E-state index in [0.29, 0.717) is 6.42 Å². The van der Waals surface area contributed by atoms with Gasteiger partial charge in [-0.05, 0) is 39.9 Å². The largest absolute Gasteiger partial charge is 0.309 e. The van der Waals surface area contributed by atoms with Crippen LogP contribution in [-0.4, -0.2) is 29.3 Å². The Bertz CT molecular complexity index is 132. The molecule has 0 aliphatic carbocycles. The Balaban J connectivity index is 3.07. The summed E-state index contributed by atoms with van der Waals surface area (Å²) in [5.41, 5.74) is 0. The van der Waals surface area contributed by atoms with Crippen LogP contribution >= 0.6 is 34.8 Å². The van der Waals surface area contributed by atoms with Crippen LogP contribution in [0, 0.1) is 0 Å². The molecule has 0 saturated heterocycles. The van der Waals surface area contributed by atoms with Gasteiger partial charge in [-0.2, -0.15) is 0 Å². The topological polar surface area (TPSA) is 3.24 Å². The monoisotopic (exact) mass is 259 g/mol. The lowest BCUT2D eigenvalue weighted by Gasteiger charge is -2.10. The third-order valence-electron chi connectivity index (χ3n) is 2.07. The van der Waals surface area contributed by atoms with Crippen LogP contribution in [0.15, 0.2) is 0 Å². The summed E-state index contributed by atoms with van der Waals surface area (Å²) < 4.78 is -1.05. The van der Waals surface area contributed by atoms with E-state index in [-0.39, 0.29) is 0 Å². The highest BCUT2D eigenvalue weighted by Crippen LogP contribution is 2.32. The highest BCUT2D eigenvalue weighted by atomic mass is 35.6. The van der Waals surface area contributed by atoms with E-state index in [1.165, 1.54) is 32.2 Å². The van der Waals surface area contributed by atoms with E-state index in [4.69, 9.17) is 34.8 Å². The zero-order valence-corrected chi connectivity index (χ0v) is 11.3. The molecular formula is C10H20Cl3N. The standard InChI is InChI=1S/C10H20Cl3N/c1-14(2)9-7-5-3-4-6-8-10(11,12)13/h3-9H2,1-2H3. The summed E-state index contributed by atoms with van der Waals surface area (Å²) in [5, 5.41) is 0. The molecule has 0 bridgehead atoms. The molecule has 0 N–H and O–H groups in total. The van der Waals surface area contributed by atoms with Crippen molar-refractivity contribution in [3.8, 4) is 0 Å². The minimum Gasteiger partial charge on any atom is -0.309 e. The molecule has 0 aromatic rings. The van der Waals surface area contributed by atoms with Crippen molar-refractivity contribution in [2.45, 2.75) is 42.3 Å². The van der Waals surface area contributed by atoms with Crippen LogP contribution in [0.4, 0.5) is 0 Å². The van der Waals surface area contributed by atoms with E-state index < -0.39 is 3.79 Å². The van der Waals surface area contributed by atoms with E-state index in [2.05, 4.69) is 19.0 Å². The predicted molar refractivity (Wildman–Crippen MR) is 66.5 cm³/mol. The number of hydrogen-bond donors (Lipinski definition) is 0. The molecule has 86 valence electrons. The molecule has 4 heteroatoms. The summed E-state index contributed by atoms with van der Waals surface area (Å²) in [7, 11) is 4.20. The number of alkyl halides is 3. The highest BCUT2D eigenvalue weighted by molar-refractivity contribution is 6.67. The molecule has 0 heterocycles. The third-order valence-corrected chi connectivity index (χ3v) is 2.63. The molecular weight excluding hydrogens is 240 g/mol. The first-order valence-electron chi connectivity index (χ1n) is 5.13. The van der Waals surface area contributed by atoms with Crippen molar-refractivity contribution in [3.05, 3.63) is 0 Å². The molecule has 0 rings (SSSR count). The zero-order chi connectivity index (χ0) is 11.0. The van der Waals surface area contributed by atoms with E-state index in [1.807, 2.05) is 0 Å². The van der Waals surface area contributed by atoms with Gasteiger partial charge in [0.05, 0.1) is 0 Å². The van der Waals surface area contributed by atoms with Crippen LogP contribution in [0.2, 0.25) is 0 Å². The normalized spacial score (nSPS) is 12.4. The molecule has 0 aliphatic heterocycles. The molecule has 0 radical (unpaired) electrons. The number of hydrogen-bond acceptors (Lipinski definition) is 1. The summed E-state index contributed by atoms with van der Waals surface area (Å²) in [4.78, 5) is 2.21. The average molecular weight is 261 g/mol. The third kappa shape index (κ3) is 12.8. The Labute approximate surface area is 103 Å². The molecule has 14 heavy (non-hydrogen) atoms. The SMILES string of the molecule is CN(C)CCCCCCCC(Cl)(Cl)Cl. The summed E-state index contributed by atoms with van der Waals surface area (Å²) in [5.74, 6) is 0. The molecule has 1 nitrogen and oxygen atoms in total. The molecule has 0 spiro atoms. The lowest BCUT2D eigenvalue weighted by molar-refractivity contribution is 0.389. The van der Waals surface area contributed by atoms with Crippen LogP contribution in [0.5, 0.6) is 0 Å². The fourth-order valence-electron chi connectivity index (χ4n) is 1.28. The maximum atomic E-state index is 5.64. The minimum absolute atomic E-state index is 0.672. The van der Waals surface area contributed by atoms with Crippen molar-refractivity contribution in [1.82, 2.24) is 4.90 Å². The van der Waals surface area contributed by atoms with Gasteiger partial charge in [0.15, 0.2) is 3.79 Å². The quantitative estimate of drug-likeness (QED) is 0.488. The summed E-state index contributed by atoms with van der Waals surface area (Å²) in [6.45, 7) is 1.17. The van der Waals surface area contributed by atoms with Gasteiger partial charge >= 0.3 is 0 Å². The van der Waals surface area contributed by atoms with Gasteiger partial charge in [0.25, 0.3) is 0 Å². The minimum atomic E-state index is -1.05. The van der Waals surface area contributed by atoms with E-state index in [0.717, 1.165) is 6.42 Å². The van der Waals surface area contributed by atoms with E-state index >= 15 is 0 Å². The van der Waals surface area contributed by atoms with Gasteiger partial charge in [-0.1, -0.05) is 54.1 Å². The second-order valence-electron chi connectivity index (χ2n) is 3.94. The average Bonchev–Trinajstić information content (AvgIpc) is 2.00. The zero-order valence-electron chi connectivity index (χ0n) is 9.03. The first-order valence-corrected chi connectivity index (χ1v) is 6.27. The van der Waals surface area contributed by atoms with Crippen LogP contribution in [0.3, 0.4) is 0 Å². The fraction of sp³-hybridized carbons (Fsp3) is 1.00. The number of unbranched alkanes of at least 4 members (excludes halogenated alkanes) is 4. The van der Waals surface area contributed by atoms with Gasteiger partial charge in [-0.25, -0.2) is 0 Å². The van der Waals surface area contributed by atoms with Gasteiger partial charge < -0.3 is 4.90 Å². The number of nitrogens with zero attached hydrogens (tertiary/aromatic N) is 1. The first kappa shape index (κ1) is 14.8. The predicted octanol–water partition coefficient (Wildman–Crippen LogP) is 4.26. The second-order valence-corrected chi connectivity index (χ2v) is 6.45. The van der Waals surface area contributed by atoms with Crippen LogP contribution in [-0.2, 0) is 0 Å². The summed E-state index contributed by atoms with van der Waals surface area (Å²) in [6, 6.07) is 0. The lowest BCUT2D eigenvalue weighted by Crippen LogP contribution is -2.12. The van der Waals surface area contributed by atoms with Gasteiger partial charge in [-0.15, -0.1) is 0 Å². The second kappa shape index (κ2) is 8.04. The number of halogens is 3. The maximum absolute atomic E-state index is 5.64. The Morgan fingerprint density at radius 1 is 0.857 bits per heavy atom. The number of rotatable bonds is 7. The molecule has 0 amide bonds. The summed E-state index contributed by atoms with van der Waals surface area (Å²) in [6.07, 6.45) is 6.64. The van der Waals surface area contributed by atoms with Crippen molar-refractivity contribution in [2.24, 2.45) is 0 Å². The van der Waals surface area contributed by atoms with Crippen LogP contribution in [0.25, 0.3) is 0 Å². The summed E-state index contributed by atoms with van der Waals surface area (Å²) >= 11 is 16.9. The fourth-order valence-corrected chi connectivity index (χ4v) is 1.68. The van der Waals surface area contributed by atoms with Gasteiger partial charge in [0.1, 0.15) is 0 Å². The molecule has 0 atom stereocenters. The van der Waals surface area contributed by atoms with Crippen molar-refractivity contribution in [3.63, 3.8) is 0 Å². The molecule has 0 aliphatic rings. The molecule has 0 saturated carbocycles. The first-order chi connectivity index (χ1) is 6.42. The Morgan fingerprint density at radius 3 is 1.86 bits per heavy atom. The molecule has 0 aromatic carbocycles. The van der Waals surface area contributed by atoms with Crippen LogP contribution < -0.4 is 0 Å². The van der Waals surface area contributed by atoms with Gasteiger partial charge in [0, 0.05) is 0 Å². The Hall–Kier alpha value is 0.830. The Kier molecular flexibility index (Phi) is 8.51. The maximum Gasteiger partial charge on any atom is 0.190 e. The Morgan fingerprint density at radius 2 is 1.36 bits per heavy atom. The smallest absolute Gasteiger partial charge is 0.190 e. The van der Waals surface area contributed by atoms with Crippen LogP contribution in [0.1, 0.15) is 38.5 Å². The van der Waals surface area contributed by atoms with Crippen molar-refractivity contribution in [1.29, 1.82) is 0 Å². The van der Waals surface area contributed by atoms with E-state index in [1.54, 1.807) is 0 Å². The molecule has 0 fully saturated rings. The van der Waals surface area contributed by atoms with Crippen molar-refractivity contribution < 1.29 is 0 Å². The van der Waals surface area contributed by atoms with Crippen molar-refractivity contribution >= 4 is 34.8 Å². The van der Waals surface area contributed by atoms with Crippen molar-refractivity contribution in [2.75, 3.05) is 20.6 Å². The highest BCUT2D eigenvalue weighted by Gasteiger charge is 2.17. The molecule has 0 unspecified atom stereocenters. The van der Waals surface area contributed by atoms with E-state index in [9.17, 15) is 0 Å². The van der Waals surface area contributed by atoms with Gasteiger partial charge in [0.2, 0.25) is 0 Å². The van der Waals surface area contributed by atoms with Gasteiger partial charge in [-0.3, -0.25) is 0 Å².